The molecule has 5 heterocycles. The standard InChI is InChI=1S/C72H98N8O24/c1-81-9-17-89-25-33-97-57-41-49-50(42-58(57)98-34-26-90-18-10-82-2)66-73-65(49)77-67-51-43-59(99-35-27-91-19-11-83-3)60(100-36-28-92-20-12-84-4)44-52(51)69(74-67)79-71-55-47-63(103-39-31-95-23-15-87-7)64(104-40-32-96-24-16-88-8)48-56(55)72(76-71)80-70-54-46-62(102-38-30-94-22-14-86-6)61(45-53(54)68(75-70)78-66)101-37-29-93-21-13-85-5/h41-48H,9-40H2,1-8H3,(H2,73,74,75,76,77,78,79,80). The lowest BCUT2D eigenvalue weighted by Gasteiger charge is -2.15. The van der Waals surface area contributed by atoms with Gasteiger partial charge in [0.2, 0.25) is 0 Å². The van der Waals surface area contributed by atoms with Gasteiger partial charge in [0.15, 0.2) is 69.3 Å². The van der Waals surface area contributed by atoms with Crippen molar-refractivity contribution >= 4 is 44.1 Å². The molecule has 0 saturated carbocycles. The number of hydrogen-bond acceptors (Lipinski definition) is 30. The molecule has 0 spiro atoms. The molecular formula is C72H98N8O24. The van der Waals surface area contributed by atoms with Gasteiger partial charge in [-0.1, -0.05) is 0 Å². The molecule has 570 valence electrons. The van der Waals surface area contributed by atoms with Crippen molar-refractivity contribution < 1.29 is 114 Å². The van der Waals surface area contributed by atoms with Gasteiger partial charge < -0.3 is 124 Å². The van der Waals surface area contributed by atoms with Crippen LogP contribution in [-0.4, -0.2) is 308 Å². The fourth-order valence-electron chi connectivity index (χ4n) is 10.4. The normalized spacial score (nSPS) is 11.8. The van der Waals surface area contributed by atoms with Crippen LogP contribution in [0, 0.1) is 0 Å². The third-order valence-electron chi connectivity index (χ3n) is 15.4. The summed E-state index contributed by atoms with van der Waals surface area (Å²) in [4.78, 5) is 39.4. The van der Waals surface area contributed by atoms with Crippen LogP contribution in [0.15, 0.2) is 48.5 Å². The monoisotopic (exact) mass is 1460 g/mol. The van der Waals surface area contributed by atoms with Gasteiger partial charge in [0.05, 0.1) is 159 Å². The third kappa shape index (κ3) is 24.0. The molecular weight excluding hydrogens is 1360 g/mol. The summed E-state index contributed by atoms with van der Waals surface area (Å²) in [5.41, 5.74) is 3.47. The number of aromatic amines is 2. The van der Waals surface area contributed by atoms with Gasteiger partial charge in [-0.15, -0.1) is 0 Å². The predicted octanol–water partition coefficient (Wildman–Crippen LogP) is 7.20. The van der Waals surface area contributed by atoms with Gasteiger partial charge in [0, 0.05) is 101 Å². The SMILES string of the molecule is COCCOCCOc1cc2c(cc1OCCOCCOC)-c1nc-2nc2[nH]c(nc3nc(nc4[nH]c(n1)c1cc(OCCOCCOC)c(OCCOCCOC)cc41)-c1cc(OCCOCCOC)c(OCCOCCOC)cc1-3)c1cc(OCCOCCOC)c(OCCOCCOC)cc21. The maximum Gasteiger partial charge on any atom is 0.164 e. The van der Waals surface area contributed by atoms with Gasteiger partial charge in [-0.2, -0.15) is 0 Å². The lowest BCUT2D eigenvalue weighted by molar-refractivity contribution is 0.0499. The molecule has 2 N–H and O–H groups in total. The van der Waals surface area contributed by atoms with E-state index in [-0.39, 0.29) is 129 Å². The van der Waals surface area contributed by atoms with E-state index in [2.05, 4.69) is 9.97 Å². The van der Waals surface area contributed by atoms with Gasteiger partial charge in [-0.05, 0) is 48.5 Å². The molecule has 2 aliphatic heterocycles. The van der Waals surface area contributed by atoms with Gasteiger partial charge >= 0.3 is 0 Å². The van der Waals surface area contributed by atoms with Crippen LogP contribution >= 0.6 is 0 Å². The zero-order valence-corrected chi connectivity index (χ0v) is 60.7. The minimum atomic E-state index is 0.155. The fraction of sp³-hybridized carbons (Fsp3) is 0.556. The molecule has 0 aliphatic carbocycles. The highest BCUT2D eigenvalue weighted by Crippen LogP contribution is 2.46. The van der Waals surface area contributed by atoms with Crippen molar-refractivity contribution in [2.75, 3.05) is 268 Å². The summed E-state index contributed by atoms with van der Waals surface area (Å²) in [5, 5.41) is 2.27. The topological polar surface area (TPSA) is 330 Å². The molecule has 9 rings (SSSR count). The van der Waals surface area contributed by atoms with Crippen LogP contribution in [0.4, 0.5) is 0 Å². The Balaban J connectivity index is 1.34. The Labute approximate surface area is 603 Å². The van der Waals surface area contributed by atoms with Crippen LogP contribution in [0.25, 0.3) is 89.7 Å². The van der Waals surface area contributed by atoms with E-state index < -0.39 is 0 Å². The van der Waals surface area contributed by atoms with Crippen molar-refractivity contribution in [2.45, 2.75) is 0 Å². The second-order valence-electron chi connectivity index (χ2n) is 22.6. The molecule has 4 aromatic carbocycles. The third-order valence-corrected chi connectivity index (χ3v) is 15.4. The highest BCUT2D eigenvalue weighted by Gasteiger charge is 2.28. The molecule has 0 fully saturated rings. The molecule has 0 radical (unpaired) electrons. The van der Waals surface area contributed by atoms with Crippen molar-refractivity contribution in [3.8, 4) is 91.5 Å². The van der Waals surface area contributed by atoms with Gasteiger partial charge in [0.1, 0.15) is 75.4 Å². The predicted molar refractivity (Wildman–Crippen MR) is 382 cm³/mol. The molecule has 7 aromatic rings. The van der Waals surface area contributed by atoms with Crippen LogP contribution < -0.4 is 37.9 Å². The minimum absolute atomic E-state index is 0.155. The summed E-state index contributed by atoms with van der Waals surface area (Å²) in [6, 6.07) is 14.7. The van der Waals surface area contributed by atoms with E-state index in [0.717, 1.165) is 0 Å². The number of nitrogens with zero attached hydrogens (tertiary/aromatic N) is 6. The Morgan fingerprint density at radius 2 is 0.346 bits per heavy atom. The summed E-state index contributed by atoms with van der Waals surface area (Å²) >= 11 is 0. The van der Waals surface area contributed by atoms with Gasteiger partial charge in [-0.25, -0.2) is 29.9 Å². The van der Waals surface area contributed by atoms with Crippen molar-refractivity contribution in [3.63, 3.8) is 0 Å². The highest BCUT2D eigenvalue weighted by molar-refractivity contribution is 6.08. The molecule has 0 unspecified atom stereocenters. The number of nitrogens with one attached hydrogen (secondary N) is 2. The first-order valence-electron chi connectivity index (χ1n) is 34.4. The van der Waals surface area contributed by atoms with Crippen molar-refractivity contribution in [1.29, 1.82) is 0 Å². The molecule has 2 aliphatic rings. The van der Waals surface area contributed by atoms with Gasteiger partial charge in [0.25, 0.3) is 0 Å². The van der Waals surface area contributed by atoms with E-state index in [1.165, 1.54) is 0 Å². The van der Waals surface area contributed by atoms with Crippen LogP contribution in [0.5, 0.6) is 46.0 Å². The number of fused-ring (bicyclic) bond motifs is 20. The maximum atomic E-state index is 6.53. The average Bonchev–Trinajstić information content (AvgIpc) is 1.59. The largest absolute Gasteiger partial charge is 0.487 e. The van der Waals surface area contributed by atoms with Crippen LogP contribution in [0.2, 0.25) is 0 Å². The highest BCUT2D eigenvalue weighted by atomic mass is 16.6. The summed E-state index contributed by atoms with van der Waals surface area (Å²) in [6.07, 6.45) is 0. The maximum absolute atomic E-state index is 6.53. The second-order valence-corrected chi connectivity index (χ2v) is 22.6. The smallest absolute Gasteiger partial charge is 0.164 e. The lowest BCUT2D eigenvalue weighted by atomic mass is 10.1. The first-order chi connectivity index (χ1) is 51.3. The van der Waals surface area contributed by atoms with E-state index in [9.17, 15) is 0 Å². The zero-order chi connectivity index (χ0) is 72.8. The number of rotatable bonds is 56. The molecule has 32 nitrogen and oxygen atoms in total. The average molecular weight is 1460 g/mol. The Bertz CT molecular complexity index is 3400. The van der Waals surface area contributed by atoms with Crippen molar-refractivity contribution in [3.05, 3.63) is 48.5 Å². The zero-order valence-electron chi connectivity index (χ0n) is 60.7. The Hall–Kier alpha value is -8.00. The fourth-order valence-corrected chi connectivity index (χ4v) is 10.4. The minimum Gasteiger partial charge on any atom is -0.487 e. The molecule has 8 bridgehead atoms. The summed E-state index contributed by atoms with van der Waals surface area (Å²) in [6.45, 7) is 9.47. The van der Waals surface area contributed by atoms with Crippen LogP contribution in [0.3, 0.4) is 0 Å². The number of benzene rings is 4. The summed E-state index contributed by atoms with van der Waals surface area (Å²) in [5.74, 6) is 3.99. The van der Waals surface area contributed by atoms with E-state index in [4.69, 9.17) is 144 Å². The first kappa shape index (κ1) is 80.1. The Morgan fingerprint density at radius 1 is 0.192 bits per heavy atom. The molecule has 32 heteroatoms. The number of H-pyrrole nitrogens is 2. The number of aromatic nitrogens is 8. The quantitative estimate of drug-likeness (QED) is 0.0356. The Kier molecular flexibility index (Phi) is 35.0. The second kappa shape index (κ2) is 45.4. The molecule has 0 saturated heterocycles. The van der Waals surface area contributed by atoms with E-state index in [1.807, 2.05) is 48.5 Å². The molecule has 0 amide bonds. The first-order valence-corrected chi connectivity index (χ1v) is 34.4. The van der Waals surface area contributed by atoms with Gasteiger partial charge in [-0.3, -0.25) is 0 Å². The van der Waals surface area contributed by atoms with Crippen LogP contribution in [-0.2, 0) is 75.8 Å². The van der Waals surface area contributed by atoms with E-state index in [0.29, 0.717) is 218 Å². The van der Waals surface area contributed by atoms with Crippen molar-refractivity contribution in [2.24, 2.45) is 0 Å². The Morgan fingerprint density at radius 3 is 0.510 bits per heavy atom. The van der Waals surface area contributed by atoms with Crippen LogP contribution in [0.1, 0.15) is 0 Å². The molecule has 104 heavy (non-hydrogen) atoms. The number of hydrogen-bond donors (Lipinski definition) is 2. The van der Waals surface area contributed by atoms with E-state index in [1.54, 1.807) is 56.9 Å². The summed E-state index contributed by atoms with van der Waals surface area (Å²) in [7, 11) is 12.9. The number of methoxy groups -OCH3 is 8. The number of ether oxygens (including phenoxy) is 24. The summed E-state index contributed by atoms with van der Waals surface area (Å²) < 4.78 is 141. The lowest BCUT2D eigenvalue weighted by Crippen LogP contribution is -2.12. The van der Waals surface area contributed by atoms with E-state index >= 15 is 0 Å². The van der Waals surface area contributed by atoms with Crippen molar-refractivity contribution in [1.82, 2.24) is 39.9 Å². The molecule has 3 aromatic heterocycles. The molecule has 0 atom stereocenters.